The molecule has 2 saturated carbocycles. The van der Waals surface area contributed by atoms with Crippen molar-refractivity contribution in [1.29, 1.82) is 0 Å². The zero-order valence-electron chi connectivity index (χ0n) is 17.2. The molecule has 2 bridgehead atoms. The minimum absolute atomic E-state index is 0.0277. The molecule has 0 amide bonds. The van der Waals surface area contributed by atoms with E-state index in [2.05, 4.69) is 52.0 Å². The number of fused-ring (bicyclic) bond motifs is 7. The molecule has 3 aliphatic rings. The molecule has 0 spiro atoms. The second-order valence-corrected chi connectivity index (χ2v) is 10.4. The fourth-order valence-corrected chi connectivity index (χ4v) is 7.09. The Bertz CT molecular complexity index is 1050. The molecule has 29 heavy (non-hydrogen) atoms. The zero-order valence-corrected chi connectivity index (χ0v) is 18.1. The Morgan fingerprint density at radius 3 is 2.86 bits per heavy atom. The Morgan fingerprint density at radius 2 is 2.10 bits per heavy atom. The van der Waals surface area contributed by atoms with Crippen molar-refractivity contribution in [3.63, 3.8) is 0 Å². The number of ether oxygens (including phenoxy) is 2. The van der Waals surface area contributed by atoms with Crippen LogP contribution in [0.5, 0.6) is 11.5 Å². The molecule has 2 fully saturated rings. The molecular formula is C24H26O4S. The highest BCUT2D eigenvalue weighted by Gasteiger charge is 2.73. The number of hydrogen-bond acceptors (Lipinski definition) is 4. The second-order valence-electron chi connectivity index (χ2n) is 9.43. The van der Waals surface area contributed by atoms with Gasteiger partial charge in [0.15, 0.2) is 0 Å². The van der Waals surface area contributed by atoms with Gasteiger partial charge in [0.05, 0.1) is 0 Å². The molecular weight excluding hydrogens is 384 g/mol. The summed E-state index contributed by atoms with van der Waals surface area (Å²) in [7, 11) is 0. The summed E-state index contributed by atoms with van der Waals surface area (Å²) >= 11 is 1.47. The van der Waals surface area contributed by atoms with Gasteiger partial charge < -0.3 is 14.6 Å². The van der Waals surface area contributed by atoms with E-state index < -0.39 is 6.16 Å². The van der Waals surface area contributed by atoms with Crippen molar-refractivity contribution in [3.05, 3.63) is 45.6 Å². The third kappa shape index (κ3) is 2.40. The van der Waals surface area contributed by atoms with Gasteiger partial charge in [-0.3, -0.25) is 0 Å². The molecule has 4 atom stereocenters. The Kier molecular flexibility index (Phi) is 3.80. The van der Waals surface area contributed by atoms with Gasteiger partial charge in [-0.15, -0.1) is 11.3 Å². The highest BCUT2D eigenvalue weighted by atomic mass is 32.1. The van der Waals surface area contributed by atoms with Gasteiger partial charge in [-0.1, -0.05) is 19.9 Å². The number of rotatable bonds is 3. The standard InChI is InChI=1S/C24H26O4S/c1-14(9-18-11-17(13-29-18)27-21(25)26)15-5-6-20-19(10-15)23(3)22(2)8-7-16(12-22)24(23,4)28-20/h5-6,9-11,13,16H,7-8,12H2,1-4H3,(H,25,26)/b14-9+. The zero-order chi connectivity index (χ0) is 20.6. The highest BCUT2D eigenvalue weighted by molar-refractivity contribution is 7.11. The number of carboxylic acid groups (broad SMARTS) is 1. The molecule has 0 radical (unpaired) electrons. The fraction of sp³-hybridized carbons (Fsp3) is 0.458. The van der Waals surface area contributed by atoms with Crippen LogP contribution in [0.3, 0.4) is 0 Å². The average Bonchev–Trinajstić information content (AvgIpc) is 3.35. The van der Waals surface area contributed by atoms with E-state index in [1.165, 1.54) is 41.7 Å². The fourth-order valence-electron chi connectivity index (χ4n) is 6.29. The van der Waals surface area contributed by atoms with Crippen LogP contribution in [0.25, 0.3) is 11.6 Å². The first-order chi connectivity index (χ1) is 13.7. The third-order valence-electron chi connectivity index (χ3n) is 8.18. The molecule has 152 valence electrons. The van der Waals surface area contributed by atoms with Crippen LogP contribution < -0.4 is 9.47 Å². The minimum atomic E-state index is -1.29. The maximum atomic E-state index is 10.7. The monoisotopic (exact) mass is 410 g/mol. The van der Waals surface area contributed by atoms with E-state index >= 15 is 0 Å². The van der Waals surface area contributed by atoms with Gasteiger partial charge in [-0.2, -0.15) is 0 Å². The smallest absolute Gasteiger partial charge is 0.486 e. The van der Waals surface area contributed by atoms with Crippen LogP contribution in [0.2, 0.25) is 0 Å². The van der Waals surface area contributed by atoms with Crippen molar-refractivity contribution in [3.8, 4) is 11.5 Å². The molecule has 5 rings (SSSR count). The first kappa shape index (κ1) is 18.7. The van der Waals surface area contributed by atoms with E-state index in [1.807, 2.05) is 0 Å². The van der Waals surface area contributed by atoms with Crippen molar-refractivity contribution >= 4 is 29.1 Å². The highest BCUT2D eigenvalue weighted by Crippen LogP contribution is 2.73. The minimum Gasteiger partial charge on any atom is -0.486 e. The third-order valence-corrected chi connectivity index (χ3v) is 9.03. The molecule has 1 N–H and O–H groups in total. The van der Waals surface area contributed by atoms with Crippen LogP contribution in [-0.2, 0) is 5.41 Å². The number of allylic oxidation sites excluding steroid dienone is 1. The van der Waals surface area contributed by atoms with Gasteiger partial charge in [0.2, 0.25) is 0 Å². The normalized spacial score (nSPS) is 34.6. The van der Waals surface area contributed by atoms with Gasteiger partial charge in [-0.25, -0.2) is 4.79 Å². The summed E-state index contributed by atoms with van der Waals surface area (Å²) < 4.78 is 11.4. The molecule has 4 nitrogen and oxygen atoms in total. The van der Waals surface area contributed by atoms with E-state index in [0.29, 0.717) is 11.7 Å². The summed E-state index contributed by atoms with van der Waals surface area (Å²) in [6, 6.07) is 8.34. The van der Waals surface area contributed by atoms with E-state index in [-0.39, 0.29) is 16.4 Å². The number of hydrogen-bond donors (Lipinski definition) is 1. The van der Waals surface area contributed by atoms with Crippen molar-refractivity contribution < 1.29 is 19.4 Å². The lowest BCUT2D eigenvalue weighted by Crippen LogP contribution is -2.54. The molecule has 2 heterocycles. The van der Waals surface area contributed by atoms with Crippen LogP contribution in [0.4, 0.5) is 4.79 Å². The van der Waals surface area contributed by atoms with E-state index in [1.54, 1.807) is 11.4 Å². The summed E-state index contributed by atoms with van der Waals surface area (Å²) in [6.45, 7) is 9.27. The van der Waals surface area contributed by atoms with Crippen molar-refractivity contribution in [2.75, 3.05) is 0 Å². The van der Waals surface area contributed by atoms with Crippen LogP contribution in [0.1, 0.15) is 63.0 Å². The van der Waals surface area contributed by atoms with Crippen LogP contribution >= 0.6 is 11.3 Å². The van der Waals surface area contributed by atoms with Crippen LogP contribution in [-0.4, -0.2) is 16.9 Å². The molecule has 2 aromatic rings. The lowest BCUT2D eigenvalue weighted by atomic mass is 9.56. The predicted octanol–water partition coefficient (Wildman–Crippen LogP) is 6.59. The SMILES string of the molecule is C/C(=C\c1cc(OC(=O)O)cs1)c1ccc2c(c1)C1(C)C3(C)CCC(C3)C1(C)O2. The Morgan fingerprint density at radius 1 is 1.31 bits per heavy atom. The number of benzene rings is 1. The van der Waals surface area contributed by atoms with E-state index in [9.17, 15) is 4.79 Å². The van der Waals surface area contributed by atoms with Crippen LogP contribution in [0.15, 0.2) is 29.6 Å². The lowest BCUT2D eigenvalue weighted by molar-refractivity contribution is -0.0260. The summed E-state index contributed by atoms with van der Waals surface area (Å²) in [5.74, 6) is 2.03. The topological polar surface area (TPSA) is 55.8 Å². The molecule has 1 aromatic carbocycles. The van der Waals surface area contributed by atoms with E-state index in [4.69, 9.17) is 14.6 Å². The van der Waals surface area contributed by atoms with Crippen molar-refractivity contribution in [1.82, 2.24) is 0 Å². The second kappa shape index (κ2) is 5.88. The summed E-state index contributed by atoms with van der Waals surface area (Å²) in [6.07, 6.45) is 4.58. The van der Waals surface area contributed by atoms with Crippen molar-refractivity contribution in [2.24, 2.45) is 11.3 Å². The molecule has 0 saturated heterocycles. The summed E-state index contributed by atoms with van der Waals surface area (Å²) in [5, 5.41) is 10.5. The van der Waals surface area contributed by atoms with Gasteiger partial charge in [0, 0.05) is 21.2 Å². The van der Waals surface area contributed by atoms with Crippen molar-refractivity contribution in [2.45, 2.75) is 58.0 Å². The summed E-state index contributed by atoms with van der Waals surface area (Å²) in [5.41, 5.74) is 3.86. The first-order valence-electron chi connectivity index (χ1n) is 10.2. The lowest BCUT2D eigenvalue weighted by Gasteiger charge is -2.48. The Labute approximate surface area is 175 Å². The Hall–Kier alpha value is -2.27. The van der Waals surface area contributed by atoms with Gasteiger partial charge >= 0.3 is 6.16 Å². The maximum Gasteiger partial charge on any atom is 0.511 e. The number of thiophene rings is 1. The van der Waals surface area contributed by atoms with Gasteiger partial charge in [0.25, 0.3) is 0 Å². The largest absolute Gasteiger partial charge is 0.511 e. The van der Waals surface area contributed by atoms with E-state index in [0.717, 1.165) is 16.2 Å². The predicted molar refractivity (Wildman–Crippen MR) is 115 cm³/mol. The van der Waals surface area contributed by atoms with Crippen LogP contribution in [0, 0.1) is 11.3 Å². The molecule has 5 heteroatoms. The quantitative estimate of drug-likeness (QED) is 0.580. The van der Waals surface area contributed by atoms with Gasteiger partial charge in [0.1, 0.15) is 17.1 Å². The van der Waals surface area contributed by atoms with Gasteiger partial charge in [-0.05, 0) is 79.9 Å². The Balaban J connectivity index is 1.51. The molecule has 2 aliphatic carbocycles. The molecule has 4 unspecified atom stereocenters. The first-order valence-corrected chi connectivity index (χ1v) is 11.1. The molecule has 1 aromatic heterocycles. The molecule has 1 aliphatic heterocycles. The average molecular weight is 411 g/mol. The number of carbonyl (C=O) groups is 1. The maximum absolute atomic E-state index is 10.7. The summed E-state index contributed by atoms with van der Waals surface area (Å²) in [4.78, 5) is 11.7.